The van der Waals surface area contributed by atoms with Gasteiger partial charge in [-0.05, 0) is 18.2 Å². The van der Waals surface area contributed by atoms with Crippen molar-refractivity contribution < 1.29 is 27.8 Å². The summed E-state index contributed by atoms with van der Waals surface area (Å²) in [5, 5.41) is 14.4. The summed E-state index contributed by atoms with van der Waals surface area (Å²) in [5.41, 5.74) is 4.80. The molecule has 11 nitrogen and oxygen atoms in total. The smallest absolute Gasteiger partial charge is 0.417 e. The van der Waals surface area contributed by atoms with Gasteiger partial charge in [0.2, 0.25) is 5.95 Å². The Kier molecular flexibility index (Phi) is 6.82. The fourth-order valence-electron chi connectivity index (χ4n) is 3.34. The second kappa shape index (κ2) is 9.97. The zero-order valence-electron chi connectivity index (χ0n) is 18.2. The number of hydrogen-bond donors (Lipinski definition) is 4. The third kappa shape index (κ3) is 6.03. The monoisotopic (exact) mass is 490 g/mol. The molecule has 1 fully saturated rings. The van der Waals surface area contributed by atoms with Crippen molar-refractivity contribution in [1.82, 2.24) is 19.9 Å². The van der Waals surface area contributed by atoms with E-state index in [0.29, 0.717) is 37.8 Å². The molecule has 0 spiro atoms. The SMILES string of the molecule is Nc1cc(C(F)(F)F)c(-c2cc(Nc3ccc(NCC(=O)O)nc3)nc(N3CCOCC3)n2)cn1. The van der Waals surface area contributed by atoms with Gasteiger partial charge in [-0.2, -0.15) is 18.2 Å². The molecule has 0 saturated carbocycles. The van der Waals surface area contributed by atoms with Crippen LogP contribution < -0.4 is 21.3 Å². The van der Waals surface area contributed by atoms with Crippen LogP contribution in [-0.4, -0.2) is 63.9 Å². The minimum absolute atomic E-state index is 0.0107. The first-order valence-electron chi connectivity index (χ1n) is 10.4. The topological polar surface area (TPSA) is 151 Å². The van der Waals surface area contributed by atoms with Crippen LogP contribution in [0.5, 0.6) is 0 Å². The zero-order chi connectivity index (χ0) is 25.0. The summed E-state index contributed by atoms with van der Waals surface area (Å²) in [5.74, 6) is -0.489. The number of aliphatic carboxylic acids is 1. The lowest BCUT2D eigenvalue weighted by atomic mass is 10.1. The maximum atomic E-state index is 13.7. The highest BCUT2D eigenvalue weighted by molar-refractivity contribution is 5.73. The number of nitrogens with two attached hydrogens (primary N) is 1. The molecule has 35 heavy (non-hydrogen) atoms. The number of carbonyl (C=O) groups is 1. The van der Waals surface area contributed by atoms with Crippen LogP contribution in [0.1, 0.15) is 5.56 Å². The number of halogens is 3. The van der Waals surface area contributed by atoms with Crippen LogP contribution in [0.4, 0.5) is 42.3 Å². The van der Waals surface area contributed by atoms with Gasteiger partial charge < -0.3 is 31.1 Å². The molecule has 0 unspecified atom stereocenters. The Hall–Kier alpha value is -4.20. The highest BCUT2D eigenvalue weighted by atomic mass is 19.4. The van der Waals surface area contributed by atoms with Crippen LogP contribution in [0.25, 0.3) is 11.3 Å². The lowest BCUT2D eigenvalue weighted by molar-refractivity contribution is -0.137. The molecule has 0 aromatic carbocycles. The van der Waals surface area contributed by atoms with Gasteiger partial charge in [0.25, 0.3) is 0 Å². The Morgan fingerprint density at radius 3 is 2.54 bits per heavy atom. The third-order valence-corrected chi connectivity index (χ3v) is 4.97. The molecule has 0 amide bonds. The third-order valence-electron chi connectivity index (χ3n) is 4.97. The predicted molar refractivity (Wildman–Crippen MR) is 121 cm³/mol. The zero-order valence-corrected chi connectivity index (χ0v) is 18.2. The molecular formula is C21H21F3N8O3. The summed E-state index contributed by atoms with van der Waals surface area (Å²) >= 11 is 0. The average Bonchev–Trinajstić information content (AvgIpc) is 2.83. The number of hydrogen-bond acceptors (Lipinski definition) is 10. The van der Waals surface area contributed by atoms with Crippen molar-refractivity contribution >= 4 is 35.1 Å². The number of nitrogens with zero attached hydrogens (tertiary/aromatic N) is 5. The molecule has 1 aliphatic rings. The largest absolute Gasteiger partial charge is 0.480 e. The molecule has 0 radical (unpaired) electrons. The first-order chi connectivity index (χ1) is 16.7. The van der Waals surface area contributed by atoms with Gasteiger partial charge in [-0.15, -0.1) is 0 Å². The first kappa shape index (κ1) is 23.9. The van der Waals surface area contributed by atoms with E-state index < -0.39 is 17.7 Å². The van der Waals surface area contributed by atoms with Crippen molar-refractivity contribution in [3.8, 4) is 11.3 Å². The Balaban J connectivity index is 1.70. The standard InChI is InChI=1S/C21H21F3N8O3/c22-21(23,24)14-7-16(25)26-10-13(14)15-8-18(31-20(30-15)32-3-5-35-6-4-32)29-12-1-2-17(27-9-12)28-11-19(33)34/h1-2,7-10H,3-6,11H2,(H2,25,26)(H,27,28)(H,33,34)(H,29,30,31). The van der Waals surface area contributed by atoms with Crippen LogP contribution in [0, 0.1) is 0 Å². The summed E-state index contributed by atoms with van der Waals surface area (Å²) in [6.07, 6.45) is -2.20. The average molecular weight is 490 g/mol. The number of alkyl halides is 3. The van der Waals surface area contributed by atoms with Gasteiger partial charge in [0.05, 0.1) is 36.4 Å². The Bertz CT molecular complexity index is 1200. The molecule has 0 bridgehead atoms. The number of morpholine rings is 1. The van der Waals surface area contributed by atoms with Crippen molar-refractivity contribution in [3.05, 3.63) is 42.2 Å². The van der Waals surface area contributed by atoms with Crippen LogP contribution in [0.3, 0.4) is 0 Å². The molecule has 3 aromatic rings. The predicted octanol–water partition coefficient (Wildman–Crippen LogP) is 2.61. The van der Waals surface area contributed by atoms with Gasteiger partial charge in [0, 0.05) is 30.9 Å². The molecule has 4 heterocycles. The van der Waals surface area contributed by atoms with E-state index in [9.17, 15) is 18.0 Å². The fraction of sp³-hybridized carbons (Fsp3) is 0.286. The van der Waals surface area contributed by atoms with Gasteiger partial charge in [-0.1, -0.05) is 0 Å². The Morgan fingerprint density at radius 1 is 1.11 bits per heavy atom. The second-order valence-electron chi connectivity index (χ2n) is 7.49. The van der Waals surface area contributed by atoms with Crippen molar-refractivity contribution in [1.29, 1.82) is 0 Å². The van der Waals surface area contributed by atoms with E-state index in [1.54, 1.807) is 12.1 Å². The number of nitrogen functional groups attached to an aromatic ring is 1. The van der Waals surface area contributed by atoms with E-state index in [4.69, 9.17) is 15.6 Å². The van der Waals surface area contributed by atoms with E-state index in [2.05, 4.69) is 30.6 Å². The van der Waals surface area contributed by atoms with E-state index in [0.717, 1.165) is 12.3 Å². The van der Waals surface area contributed by atoms with E-state index in [1.165, 1.54) is 12.3 Å². The minimum Gasteiger partial charge on any atom is -0.480 e. The Labute approximate surface area is 197 Å². The Morgan fingerprint density at radius 2 is 1.89 bits per heavy atom. The summed E-state index contributed by atoms with van der Waals surface area (Å²) in [6, 6.07) is 5.33. The number of nitrogens with one attached hydrogen (secondary N) is 2. The molecule has 0 aliphatic carbocycles. The molecule has 1 aliphatic heterocycles. The van der Waals surface area contributed by atoms with Crippen LogP contribution in [0.15, 0.2) is 36.7 Å². The lowest BCUT2D eigenvalue weighted by Gasteiger charge is -2.27. The van der Waals surface area contributed by atoms with Gasteiger partial charge >= 0.3 is 12.1 Å². The van der Waals surface area contributed by atoms with Gasteiger partial charge in [-0.25, -0.2) is 15.0 Å². The van der Waals surface area contributed by atoms with Gasteiger partial charge in [0.1, 0.15) is 24.0 Å². The first-order valence-corrected chi connectivity index (χ1v) is 10.4. The number of carboxylic acid groups (broad SMARTS) is 1. The molecule has 1 saturated heterocycles. The summed E-state index contributed by atoms with van der Waals surface area (Å²) in [6.45, 7) is 1.51. The van der Waals surface area contributed by atoms with Crippen LogP contribution in [-0.2, 0) is 15.7 Å². The molecule has 4 rings (SSSR count). The second-order valence-corrected chi connectivity index (χ2v) is 7.49. The van der Waals surface area contributed by atoms with Crippen LogP contribution in [0.2, 0.25) is 0 Å². The molecule has 184 valence electrons. The van der Waals surface area contributed by atoms with Crippen molar-refractivity contribution in [2.24, 2.45) is 0 Å². The van der Waals surface area contributed by atoms with Crippen molar-refractivity contribution in [2.75, 3.05) is 54.1 Å². The summed E-state index contributed by atoms with van der Waals surface area (Å²) in [4.78, 5) is 29.3. The fourth-order valence-corrected chi connectivity index (χ4v) is 3.34. The molecule has 3 aromatic heterocycles. The molecule has 14 heteroatoms. The number of pyridine rings is 2. The quantitative estimate of drug-likeness (QED) is 0.387. The highest BCUT2D eigenvalue weighted by Gasteiger charge is 2.35. The highest BCUT2D eigenvalue weighted by Crippen LogP contribution is 2.38. The number of aromatic nitrogens is 4. The van der Waals surface area contributed by atoms with E-state index in [1.807, 2.05) is 4.90 Å². The summed E-state index contributed by atoms with van der Waals surface area (Å²) < 4.78 is 46.6. The van der Waals surface area contributed by atoms with E-state index >= 15 is 0 Å². The number of ether oxygens (including phenoxy) is 1. The normalized spacial score (nSPS) is 14.0. The molecule has 5 N–H and O–H groups in total. The number of carboxylic acids is 1. The number of anilines is 5. The van der Waals surface area contributed by atoms with Crippen LogP contribution >= 0.6 is 0 Å². The maximum Gasteiger partial charge on any atom is 0.417 e. The van der Waals surface area contributed by atoms with Gasteiger partial charge in [-0.3, -0.25) is 4.79 Å². The summed E-state index contributed by atoms with van der Waals surface area (Å²) in [7, 11) is 0. The number of rotatable bonds is 7. The maximum absolute atomic E-state index is 13.7. The van der Waals surface area contributed by atoms with Crippen molar-refractivity contribution in [3.63, 3.8) is 0 Å². The molecule has 0 atom stereocenters. The van der Waals surface area contributed by atoms with Crippen molar-refractivity contribution in [2.45, 2.75) is 6.18 Å². The van der Waals surface area contributed by atoms with E-state index in [-0.39, 0.29) is 35.4 Å². The minimum atomic E-state index is -4.67. The lowest BCUT2D eigenvalue weighted by Crippen LogP contribution is -2.37. The van der Waals surface area contributed by atoms with Gasteiger partial charge in [0.15, 0.2) is 0 Å². The molecular weight excluding hydrogens is 469 g/mol.